The van der Waals surface area contributed by atoms with Crippen LogP contribution in [0.1, 0.15) is 17.7 Å². The number of benzene rings is 4. The Kier molecular flexibility index (Phi) is 3.71. The summed E-state index contributed by atoms with van der Waals surface area (Å²) in [5.74, 6) is 0. The predicted molar refractivity (Wildman–Crippen MR) is 135 cm³/mol. The van der Waals surface area contributed by atoms with E-state index in [0.29, 0.717) is 0 Å². The lowest BCUT2D eigenvalue weighted by molar-refractivity contribution is 0.992. The van der Waals surface area contributed by atoms with Crippen molar-refractivity contribution in [2.45, 2.75) is 12.8 Å². The molecule has 0 saturated carbocycles. The average Bonchev–Trinajstić information content (AvgIpc) is 3.39. The topological polar surface area (TPSA) is 20.7 Å². The zero-order valence-corrected chi connectivity index (χ0v) is 17.7. The van der Waals surface area contributed by atoms with Gasteiger partial charge in [-0.1, -0.05) is 60.7 Å². The first-order valence-corrected chi connectivity index (χ1v) is 11.3. The van der Waals surface area contributed by atoms with Crippen molar-refractivity contribution in [1.29, 1.82) is 0 Å². The fourth-order valence-electron chi connectivity index (χ4n) is 5.30. The molecule has 0 saturated heterocycles. The second-order valence-corrected chi connectivity index (χ2v) is 8.64. The molecule has 2 aromatic heterocycles. The number of allylic oxidation sites excluding steroid dienone is 1. The van der Waals surface area contributed by atoms with Crippen LogP contribution >= 0.6 is 0 Å². The summed E-state index contributed by atoms with van der Waals surface area (Å²) >= 11 is 0. The van der Waals surface area contributed by atoms with Crippen molar-refractivity contribution in [3.8, 4) is 16.8 Å². The van der Waals surface area contributed by atoms with E-state index in [4.69, 9.17) is 0 Å². The van der Waals surface area contributed by atoms with Gasteiger partial charge in [0.1, 0.15) is 0 Å². The Morgan fingerprint density at radius 3 is 2.38 bits per heavy atom. The Bertz CT molecular complexity index is 1660. The maximum atomic E-state index is 3.63. The number of aromatic nitrogens is 2. The summed E-state index contributed by atoms with van der Waals surface area (Å²) in [7, 11) is 0. The monoisotopic (exact) mass is 410 g/mol. The van der Waals surface area contributed by atoms with Crippen molar-refractivity contribution in [1.82, 2.24) is 9.55 Å². The Labute approximate surface area is 186 Å². The van der Waals surface area contributed by atoms with Crippen LogP contribution in [0.2, 0.25) is 0 Å². The van der Waals surface area contributed by atoms with Crippen LogP contribution in [0.25, 0.3) is 55.6 Å². The van der Waals surface area contributed by atoms with E-state index >= 15 is 0 Å². The smallest absolute Gasteiger partial charge is 0.0541 e. The van der Waals surface area contributed by atoms with Crippen molar-refractivity contribution in [3.63, 3.8) is 0 Å². The number of aryl methyl sites for hydroxylation is 1. The second-order valence-electron chi connectivity index (χ2n) is 8.64. The number of hydrogen-bond donors (Lipinski definition) is 1. The Hall–Kier alpha value is -4.04. The van der Waals surface area contributed by atoms with Gasteiger partial charge in [0.25, 0.3) is 0 Å². The molecule has 0 unspecified atom stereocenters. The third-order valence-corrected chi connectivity index (χ3v) is 6.80. The van der Waals surface area contributed by atoms with E-state index in [1.165, 1.54) is 60.8 Å². The molecule has 2 nitrogen and oxygen atoms in total. The third-order valence-electron chi connectivity index (χ3n) is 6.80. The fourth-order valence-corrected chi connectivity index (χ4v) is 5.30. The summed E-state index contributed by atoms with van der Waals surface area (Å²) in [6.07, 6.45) is 6.73. The van der Waals surface area contributed by atoms with Gasteiger partial charge in [-0.15, -0.1) is 0 Å². The summed E-state index contributed by atoms with van der Waals surface area (Å²) in [6.45, 7) is 0. The highest BCUT2D eigenvalue weighted by Gasteiger charge is 2.15. The van der Waals surface area contributed by atoms with Crippen LogP contribution < -0.4 is 0 Å². The minimum absolute atomic E-state index is 1.12. The summed E-state index contributed by atoms with van der Waals surface area (Å²) in [4.78, 5) is 3.63. The van der Waals surface area contributed by atoms with Gasteiger partial charge in [0.15, 0.2) is 0 Å². The summed E-state index contributed by atoms with van der Waals surface area (Å²) in [5, 5.41) is 3.93. The molecular weight excluding hydrogens is 388 g/mol. The molecule has 0 bridgehead atoms. The molecule has 1 aliphatic carbocycles. The van der Waals surface area contributed by atoms with Crippen molar-refractivity contribution >= 4 is 38.8 Å². The Morgan fingerprint density at radius 1 is 0.656 bits per heavy atom. The molecule has 2 heterocycles. The van der Waals surface area contributed by atoms with E-state index in [2.05, 4.69) is 113 Å². The van der Waals surface area contributed by atoms with Gasteiger partial charge in [-0.3, -0.25) is 0 Å². The Morgan fingerprint density at radius 2 is 1.44 bits per heavy atom. The van der Waals surface area contributed by atoms with E-state index < -0.39 is 0 Å². The lowest BCUT2D eigenvalue weighted by Crippen LogP contribution is -1.92. The van der Waals surface area contributed by atoms with Crippen molar-refractivity contribution in [2.24, 2.45) is 0 Å². The molecule has 7 rings (SSSR count). The van der Waals surface area contributed by atoms with Gasteiger partial charge in [-0.25, -0.2) is 0 Å². The van der Waals surface area contributed by atoms with Crippen molar-refractivity contribution < 1.29 is 0 Å². The molecule has 0 aliphatic heterocycles. The average molecular weight is 411 g/mol. The zero-order valence-electron chi connectivity index (χ0n) is 17.7. The quantitative estimate of drug-likeness (QED) is 0.300. The van der Waals surface area contributed by atoms with E-state index in [1.807, 2.05) is 0 Å². The van der Waals surface area contributed by atoms with Gasteiger partial charge >= 0.3 is 0 Å². The first-order chi connectivity index (χ1) is 15.9. The first-order valence-electron chi connectivity index (χ1n) is 11.3. The summed E-state index contributed by atoms with van der Waals surface area (Å²) in [5.41, 5.74) is 10.1. The van der Waals surface area contributed by atoms with Gasteiger partial charge in [-0.05, 0) is 72.0 Å². The molecule has 1 aliphatic rings. The molecule has 0 fully saturated rings. The van der Waals surface area contributed by atoms with E-state index in [9.17, 15) is 0 Å². The van der Waals surface area contributed by atoms with Gasteiger partial charge < -0.3 is 9.55 Å². The minimum atomic E-state index is 1.12. The molecule has 32 heavy (non-hydrogen) atoms. The van der Waals surface area contributed by atoms with Crippen LogP contribution in [0, 0.1) is 0 Å². The highest BCUT2D eigenvalue weighted by molar-refractivity contribution is 6.10. The molecule has 0 amide bonds. The number of aromatic amines is 1. The molecule has 0 atom stereocenters. The minimum Gasteiger partial charge on any atom is -0.355 e. The van der Waals surface area contributed by atoms with Gasteiger partial charge in [-0.2, -0.15) is 0 Å². The maximum absolute atomic E-state index is 3.63. The largest absolute Gasteiger partial charge is 0.355 e. The molecule has 6 aromatic rings. The Balaban J connectivity index is 1.44. The number of fused-ring (bicyclic) bond motifs is 6. The van der Waals surface area contributed by atoms with Crippen LogP contribution in [-0.4, -0.2) is 9.55 Å². The lowest BCUT2D eigenvalue weighted by atomic mass is 9.98. The SMILES string of the molecule is C1=Cc2[nH]c3cc(-c4ccc5c(c4)c4ccccc4n5-c4ccccc4)ccc3c2CC1. The molecular formula is C30H22N2. The van der Waals surface area contributed by atoms with Crippen molar-refractivity contribution in [3.05, 3.63) is 108 Å². The molecule has 0 spiro atoms. The normalized spacial score (nSPS) is 13.2. The predicted octanol–water partition coefficient (Wildman–Crippen LogP) is 7.89. The van der Waals surface area contributed by atoms with Crippen molar-refractivity contribution in [2.75, 3.05) is 0 Å². The number of nitrogens with zero attached hydrogens (tertiary/aromatic N) is 1. The number of hydrogen-bond acceptors (Lipinski definition) is 0. The summed E-state index contributed by atoms with van der Waals surface area (Å²) < 4.78 is 2.36. The molecule has 152 valence electrons. The second kappa shape index (κ2) is 6.73. The van der Waals surface area contributed by atoms with E-state index in [0.717, 1.165) is 12.8 Å². The summed E-state index contributed by atoms with van der Waals surface area (Å²) in [6, 6.07) is 33.1. The van der Waals surface area contributed by atoms with Gasteiger partial charge in [0.05, 0.1) is 11.0 Å². The first kappa shape index (κ1) is 17.6. The molecule has 1 N–H and O–H groups in total. The molecule has 0 radical (unpaired) electrons. The lowest BCUT2D eigenvalue weighted by Gasteiger charge is -2.08. The number of H-pyrrole nitrogens is 1. The standard InChI is InChI=1S/C30H22N2/c1-2-8-22(9-3-1)32-29-13-7-5-11-25(29)26-18-20(15-17-30(26)32)21-14-16-24-23-10-4-6-12-27(23)31-28(24)19-21/h1-3,5-9,11-19,31H,4,10H2. The van der Waals surface area contributed by atoms with Gasteiger partial charge in [0.2, 0.25) is 0 Å². The van der Waals surface area contributed by atoms with E-state index in [-0.39, 0.29) is 0 Å². The highest BCUT2D eigenvalue weighted by Crippen LogP contribution is 2.36. The zero-order chi connectivity index (χ0) is 21.1. The number of rotatable bonds is 2. The van der Waals surface area contributed by atoms with Gasteiger partial charge in [0, 0.05) is 33.1 Å². The van der Waals surface area contributed by atoms with Crippen LogP contribution in [0.15, 0.2) is 97.1 Å². The van der Waals surface area contributed by atoms with E-state index in [1.54, 1.807) is 0 Å². The highest BCUT2D eigenvalue weighted by atomic mass is 15.0. The fraction of sp³-hybridized carbons (Fsp3) is 0.0667. The van der Waals surface area contributed by atoms with Crippen LogP contribution in [0.5, 0.6) is 0 Å². The molecule has 2 heteroatoms. The molecule has 4 aromatic carbocycles. The third kappa shape index (κ3) is 2.53. The van der Waals surface area contributed by atoms with Crippen LogP contribution in [0.4, 0.5) is 0 Å². The van der Waals surface area contributed by atoms with Crippen LogP contribution in [-0.2, 0) is 6.42 Å². The maximum Gasteiger partial charge on any atom is 0.0541 e. The van der Waals surface area contributed by atoms with Crippen LogP contribution in [0.3, 0.4) is 0 Å². The number of para-hydroxylation sites is 2. The number of nitrogens with one attached hydrogen (secondary N) is 1.